The number of hydrogen-bond acceptors (Lipinski definition) is 3. The molecular formula is C16H31IN4O2. The Balaban J connectivity index is 0.00000264. The van der Waals surface area contributed by atoms with Crippen LogP contribution in [0.5, 0.6) is 0 Å². The van der Waals surface area contributed by atoms with Crippen LogP contribution in [0.3, 0.4) is 0 Å². The number of aliphatic hydroxyl groups is 1. The van der Waals surface area contributed by atoms with Gasteiger partial charge in [-0.05, 0) is 32.1 Å². The predicted octanol–water partition coefficient (Wildman–Crippen LogP) is 1.33. The van der Waals surface area contributed by atoms with Gasteiger partial charge in [0.25, 0.3) is 0 Å². The summed E-state index contributed by atoms with van der Waals surface area (Å²) < 4.78 is 0. The molecule has 2 fully saturated rings. The van der Waals surface area contributed by atoms with Gasteiger partial charge in [0.2, 0.25) is 5.91 Å². The maximum Gasteiger partial charge on any atom is 0.220 e. The fourth-order valence-corrected chi connectivity index (χ4v) is 3.27. The van der Waals surface area contributed by atoms with E-state index < -0.39 is 0 Å². The molecule has 0 aromatic heterocycles. The molecule has 0 spiro atoms. The van der Waals surface area contributed by atoms with E-state index >= 15 is 0 Å². The normalized spacial score (nSPS) is 22.1. The summed E-state index contributed by atoms with van der Waals surface area (Å²) in [4.78, 5) is 18.5. The molecule has 1 saturated carbocycles. The van der Waals surface area contributed by atoms with Crippen molar-refractivity contribution in [2.24, 2.45) is 10.9 Å². The van der Waals surface area contributed by atoms with Gasteiger partial charge < -0.3 is 20.6 Å². The first kappa shape index (κ1) is 20.5. The van der Waals surface area contributed by atoms with Crippen molar-refractivity contribution < 1.29 is 9.90 Å². The first-order valence-electron chi connectivity index (χ1n) is 8.67. The molecule has 0 unspecified atom stereocenters. The number of carbonyl (C=O) groups is 1. The van der Waals surface area contributed by atoms with Gasteiger partial charge in [0, 0.05) is 32.6 Å². The standard InChI is InChI=1S/C16H30N4O2.HI/c1-2-17-16(20-10-7-14(21)12-20)19-9-8-18-15(22)11-13-5-3-4-6-13;/h13-14,21H,2-12H2,1H3,(H,17,19)(H,18,22);1H/t14-;/m1./s1. The second-order valence-electron chi connectivity index (χ2n) is 6.33. The average Bonchev–Trinajstić information content (AvgIpc) is 3.14. The van der Waals surface area contributed by atoms with Crippen LogP contribution in [0.15, 0.2) is 4.99 Å². The summed E-state index contributed by atoms with van der Waals surface area (Å²) in [5.41, 5.74) is 0. The first-order chi connectivity index (χ1) is 10.7. The quantitative estimate of drug-likeness (QED) is 0.253. The van der Waals surface area contributed by atoms with Crippen LogP contribution in [0.25, 0.3) is 0 Å². The maximum absolute atomic E-state index is 11.8. The van der Waals surface area contributed by atoms with Crippen molar-refractivity contribution in [1.29, 1.82) is 0 Å². The number of likely N-dealkylation sites (tertiary alicyclic amines) is 1. The lowest BCUT2D eigenvalue weighted by Gasteiger charge is -2.21. The summed E-state index contributed by atoms with van der Waals surface area (Å²) in [7, 11) is 0. The average molecular weight is 438 g/mol. The van der Waals surface area contributed by atoms with Gasteiger partial charge in [-0.15, -0.1) is 24.0 Å². The number of nitrogens with zero attached hydrogens (tertiary/aromatic N) is 2. The van der Waals surface area contributed by atoms with Gasteiger partial charge in [-0.3, -0.25) is 9.79 Å². The van der Waals surface area contributed by atoms with E-state index in [9.17, 15) is 9.90 Å². The Labute approximate surface area is 156 Å². The molecule has 0 bridgehead atoms. The summed E-state index contributed by atoms with van der Waals surface area (Å²) in [6, 6.07) is 0. The molecule has 0 aromatic carbocycles. The van der Waals surface area contributed by atoms with E-state index in [4.69, 9.17) is 0 Å². The molecule has 0 radical (unpaired) electrons. The van der Waals surface area contributed by atoms with Gasteiger partial charge in [0.1, 0.15) is 0 Å². The monoisotopic (exact) mass is 438 g/mol. The topological polar surface area (TPSA) is 77.0 Å². The third-order valence-corrected chi connectivity index (χ3v) is 4.44. The highest BCUT2D eigenvalue weighted by atomic mass is 127. The highest BCUT2D eigenvalue weighted by Gasteiger charge is 2.22. The highest BCUT2D eigenvalue weighted by molar-refractivity contribution is 14.0. The van der Waals surface area contributed by atoms with Gasteiger partial charge in [0.05, 0.1) is 12.6 Å². The fraction of sp³-hybridized carbons (Fsp3) is 0.875. The van der Waals surface area contributed by atoms with E-state index in [1.165, 1.54) is 25.7 Å². The number of nitrogens with one attached hydrogen (secondary N) is 2. The second-order valence-corrected chi connectivity index (χ2v) is 6.33. The first-order valence-corrected chi connectivity index (χ1v) is 8.67. The Morgan fingerprint density at radius 1 is 1.26 bits per heavy atom. The Hall–Kier alpha value is -0.570. The zero-order valence-electron chi connectivity index (χ0n) is 14.1. The second kappa shape index (κ2) is 11.1. The van der Waals surface area contributed by atoms with Crippen LogP contribution in [-0.4, -0.2) is 60.7 Å². The van der Waals surface area contributed by atoms with Crippen LogP contribution < -0.4 is 10.6 Å². The van der Waals surface area contributed by atoms with Crippen molar-refractivity contribution in [3.05, 3.63) is 0 Å². The molecule has 3 N–H and O–H groups in total. The van der Waals surface area contributed by atoms with Crippen LogP contribution in [0.4, 0.5) is 0 Å². The summed E-state index contributed by atoms with van der Waals surface area (Å²) >= 11 is 0. The van der Waals surface area contributed by atoms with Crippen molar-refractivity contribution in [1.82, 2.24) is 15.5 Å². The number of rotatable bonds is 6. The van der Waals surface area contributed by atoms with E-state index in [0.717, 1.165) is 25.5 Å². The van der Waals surface area contributed by atoms with Crippen molar-refractivity contribution in [3.63, 3.8) is 0 Å². The Morgan fingerprint density at radius 3 is 2.61 bits per heavy atom. The van der Waals surface area contributed by atoms with Crippen LogP contribution >= 0.6 is 24.0 Å². The molecule has 1 saturated heterocycles. The van der Waals surface area contributed by atoms with E-state index in [2.05, 4.69) is 20.5 Å². The summed E-state index contributed by atoms with van der Waals surface area (Å²) in [5, 5.41) is 15.8. The maximum atomic E-state index is 11.8. The summed E-state index contributed by atoms with van der Waals surface area (Å²) in [5.74, 6) is 1.58. The number of carbonyl (C=O) groups excluding carboxylic acids is 1. The van der Waals surface area contributed by atoms with Crippen LogP contribution in [0.1, 0.15) is 45.4 Å². The highest BCUT2D eigenvalue weighted by Crippen LogP contribution is 2.27. The molecular weight excluding hydrogens is 407 g/mol. The Morgan fingerprint density at radius 2 is 2.00 bits per heavy atom. The predicted molar refractivity (Wildman–Crippen MR) is 103 cm³/mol. The molecule has 1 aliphatic heterocycles. The van der Waals surface area contributed by atoms with Crippen molar-refractivity contribution in [2.75, 3.05) is 32.7 Å². The molecule has 0 aromatic rings. The minimum atomic E-state index is -0.255. The fourth-order valence-electron chi connectivity index (χ4n) is 3.27. The number of hydrogen-bond donors (Lipinski definition) is 3. The van der Waals surface area contributed by atoms with Gasteiger partial charge in [-0.1, -0.05) is 12.8 Å². The largest absolute Gasteiger partial charge is 0.391 e. The van der Waals surface area contributed by atoms with E-state index in [1.807, 2.05) is 6.92 Å². The molecule has 2 rings (SSSR count). The van der Waals surface area contributed by atoms with E-state index in [-0.39, 0.29) is 36.0 Å². The summed E-state index contributed by atoms with van der Waals surface area (Å²) in [6.07, 6.45) is 6.16. The minimum Gasteiger partial charge on any atom is -0.391 e. The molecule has 7 heteroatoms. The third kappa shape index (κ3) is 7.24. The molecule has 6 nitrogen and oxygen atoms in total. The van der Waals surface area contributed by atoms with Crippen LogP contribution in [0.2, 0.25) is 0 Å². The van der Waals surface area contributed by atoms with Crippen molar-refractivity contribution >= 4 is 35.8 Å². The van der Waals surface area contributed by atoms with Crippen molar-refractivity contribution in [3.8, 4) is 0 Å². The van der Waals surface area contributed by atoms with Crippen molar-refractivity contribution in [2.45, 2.75) is 51.6 Å². The lowest BCUT2D eigenvalue weighted by atomic mass is 10.0. The van der Waals surface area contributed by atoms with Crippen LogP contribution in [-0.2, 0) is 4.79 Å². The Bertz CT molecular complexity index is 386. The molecule has 23 heavy (non-hydrogen) atoms. The lowest BCUT2D eigenvalue weighted by molar-refractivity contribution is -0.121. The number of amides is 1. The number of aliphatic hydroxyl groups excluding tert-OH is 1. The molecule has 1 heterocycles. The number of β-amino-alcohol motifs (C(OH)–C–C–N with tert-alkyl or cyclic N) is 1. The van der Waals surface area contributed by atoms with Crippen LogP contribution in [0, 0.1) is 5.92 Å². The minimum absolute atomic E-state index is 0. The molecule has 1 aliphatic carbocycles. The van der Waals surface area contributed by atoms with E-state index in [1.54, 1.807) is 0 Å². The molecule has 1 amide bonds. The zero-order valence-corrected chi connectivity index (χ0v) is 16.4. The number of aliphatic imine (C=N–C) groups is 1. The van der Waals surface area contributed by atoms with Gasteiger partial charge in [0.15, 0.2) is 5.96 Å². The SMILES string of the molecule is CCNC(=NCCNC(=O)CC1CCCC1)N1CC[C@@H](O)C1.I. The molecule has 134 valence electrons. The zero-order chi connectivity index (χ0) is 15.8. The third-order valence-electron chi connectivity index (χ3n) is 4.44. The smallest absolute Gasteiger partial charge is 0.220 e. The molecule has 2 aliphatic rings. The lowest BCUT2D eigenvalue weighted by Crippen LogP contribution is -2.41. The van der Waals surface area contributed by atoms with Gasteiger partial charge in [-0.2, -0.15) is 0 Å². The number of guanidine groups is 1. The Kier molecular flexibility index (Phi) is 9.85. The van der Waals surface area contributed by atoms with E-state index in [0.29, 0.717) is 32.0 Å². The summed E-state index contributed by atoms with van der Waals surface area (Å²) in [6.45, 7) is 5.47. The van der Waals surface area contributed by atoms with Gasteiger partial charge >= 0.3 is 0 Å². The van der Waals surface area contributed by atoms with Gasteiger partial charge in [-0.25, -0.2) is 0 Å². The number of halogens is 1. The molecule has 1 atom stereocenters.